The number of unbranched alkanes of at least 4 members (excludes halogenated alkanes) is 1. The van der Waals surface area contributed by atoms with Crippen molar-refractivity contribution in [3.05, 3.63) is 0 Å². The van der Waals surface area contributed by atoms with Gasteiger partial charge in [-0.25, -0.2) is 0 Å². The largest absolute Gasteiger partial charge is 0.396 e. The van der Waals surface area contributed by atoms with Crippen LogP contribution in [0.25, 0.3) is 0 Å². The second kappa shape index (κ2) is 10.6. The van der Waals surface area contributed by atoms with Gasteiger partial charge in [0.2, 0.25) is 0 Å². The van der Waals surface area contributed by atoms with Crippen molar-refractivity contribution in [2.75, 3.05) is 39.3 Å². The van der Waals surface area contributed by atoms with E-state index in [1.807, 2.05) is 0 Å². The summed E-state index contributed by atoms with van der Waals surface area (Å²) in [5, 5.41) is 12.7. The van der Waals surface area contributed by atoms with Crippen molar-refractivity contribution in [3.63, 3.8) is 0 Å². The predicted octanol–water partition coefficient (Wildman–Crippen LogP) is 2.74. The Hall–Kier alpha value is -0.120. The van der Waals surface area contributed by atoms with Crippen molar-refractivity contribution in [2.45, 2.75) is 52.9 Å². The summed E-state index contributed by atoms with van der Waals surface area (Å²) in [5.74, 6) is 2.04. The maximum Gasteiger partial charge on any atom is 0.0459 e. The Labute approximate surface area is 126 Å². The van der Waals surface area contributed by atoms with Crippen molar-refractivity contribution < 1.29 is 5.11 Å². The Morgan fingerprint density at radius 2 is 1.80 bits per heavy atom. The molecule has 1 fully saturated rings. The van der Waals surface area contributed by atoms with Crippen molar-refractivity contribution in [1.29, 1.82) is 0 Å². The highest BCUT2D eigenvalue weighted by Crippen LogP contribution is 2.24. The van der Waals surface area contributed by atoms with E-state index in [2.05, 4.69) is 31.0 Å². The lowest BCUT2D eigenvalue weighted by molar-refractivity contribution is 0.115. The molecule has 0 spiro atoms. The minimum absolute atomic E-state index is 0.354. The van der Waals surface area contributed by atoms with Crippen LogP contribution in [0.4, 0.5) is 0 Å². The van der Waals surface area contributed by atoms with Gasteiger partial charge in [-0.3, -0.25) is 0 Å². The quantitative estimate of drug-likeness (QED) is 0.606. The van der Waals surface area contributed by atoms with Gasteiger partial charge in [-0.2, -0.15) is 0 Å². The molecule has 1 aliphatic rings. The fourth-order valence-corrected chi connectivity index (χ4v) is 3.00. The van der Waals surface area contributed by atoms with Gasteiger partial charge in [0.25, 0.3) is 0 Å². The van der Waals surface area contributed by atoms with Crippen molar-refractivity contribution in [2.24, 2.45) is 17.8 Å². The van der Waals surface area contributed by atoms with Crippen LogP contribution in [-0.2, 0) is 0 Å². The first kappa shape index (κ1) is 17.9. The van der Waals surface area contributed by atoms with Crippen LogP contribution in [-0.4, -0.2) is 49.3 Å². The van der Waals surface area contributed by atoms with Crippen LogP contribution in [0, 0.1) is 17.8 Å². The highest BCUT2D eigenvalue weighted by Gasteiger charge is 2.22. The first-order chi connectivity index (χ1) is 9.63. The van der Waals surface area contributed by atoms with E-state index in [0.717, 1.165) is 11.8 Å². The molecule has 0 saturated carbocycles. The summed E-state index contributed by atoms with van der Waals surface area (Å²) >= 11 is 0. The molecule has 0 aromatic rings. The fourth-order valence-electron chi connectivity index (χ4n) is 3.00. The zero-order valence-corrected chi connectivity index (χ0v) is 13.9. The van der Waals surface area contributed by atoms with E-state index in [1.54, 1.807) is 0 Å². The molecular formula is C17H36N2O. The maximum absolute atomic E-state index is 9.21. The topological polar surface area (TPSA) is 35.5 Å². The molecule has 0 aliphatic carbocycles. The lowest BCUT2D eigenvalue weighted by Crippen LogP contribution is -2.37. The van der Waals surface area contributed by atoms with Crippen LogP contribution in [0.3, 0.4) is 0 Å². The number of piperidine rings is 1. The van der Waals surface area contributed by atoms with Gasteiger partial charge in [0.15, 0.2) is 0 Å². The van der Waals surface area contributed by atoms with Gasteiger partial charge in [-0.1, -0.05) is 20.8 Å². The first-order valence-electron chi connectivity index (χ1n) is 8.67. The average Bonchev–Trinajstić information content (AvgIpc) is 2.45. The normalized spacial score (nSPS) is 19.6. The number of aliphatic hydroxyl groups excluding tert-OH is 1. The second-order valence-corrected chi connectivity index (χ2v) is 6.98. The highest BCUT2D eigenvalue weighted by molar-refractivity contribution is 4.75. The Balaban J connectivity index is 1.94. The minimum atomic E-state index is 0.354. The third-order valence-corrected chi connectivity index (χ3v) is 4.70. The number of nitrogens with one attached hydrogen (secondary N) is 1. The molecule has 0 aromatic carbocycles. The zero-order valence-electron chi connectivity index (χ0n) is 13.9. The summed E-state index contributed by atoms with van der Waals surface area (Å²) in [6.45, 7) is 13.2. The van der Waals surface area contributed by atoms with E-state index in [0.29, 0.717) is 12.5 Å². The van der Waals surface area contributed by atoms with Gasteiger partial charge >= 0.3 is 0 Å². The minimum Gasteiger partial charge on any atom is -0.396 e. The van der Waals surface area contributed by atoms with Gasteiger partial charge in [0.1, 0.15) is 0 Å². The van der Waals surface area contributed by atoms with E-state index >= 15 is 0 Å². The smallest absolute Gasteiger partial charge is 0.0459 e. The molecule has 20 heavy (non-hydrogen) atoms. The molecule has 1 aliphatic heterocycles. The van der Waals surface area contributed by atoms with Gasteiger partial charge in [-0.05, 0) is 82.6 Å². The second-order valence-electron chi connectivity index (χ2n) is 6.98. The Morgan fingerprint density at radius 3 is 2.40 bits per heavy atom. The van der Waals surface area contributed by atoms with E-state index in [4.69, 9.17) is 0 Å². The number of hydrogen-bond acceptors (Lipinski definition) is 3. The molecule has 0 bridgehead atoms. The van der Waals surface area contributed by atoms with Gasteiger partial charge in [-0.15, -0.1) is 0 Å². The van der Waals surface area contributed by atoms with Crippen LogP contribution >= 0.6 is 0 Å². The molecule has 0 aromatic heterocycles. The summed E-state index contributed by atoms with van der Waals surface area (Å²) in [6, 6.07) is 0. The van der Waals surface area contributed by atoms with Crippen LogP contribution in [0.1, 0.15) is 52.9 Å². The molecule has 1 saturated heterocycles. The van der Waals surface area contributed by atoms with Crippen molar-refractivity contribution in [1.82, 2.24) is 10.2 Å². The molecule has 120 valence electrons. The zero-order chi connectivity index (χ0) is 14.8. The van der Waals surface area contributed by atoms with Crippen LogP contribution in [0.15, 0.2) is 0 Å². The van der Waals surface area contributed by atoms with E-state index in [1.165, 1.54) is 64.8 Å². The molecule has 0 radical (unpaired) electrons. The van der Waals surface area contributed by atoms with Crippen molar-refractivity contribution >= 4 is 0 Å². The van der Waals surface area contributed by atoms with E-state index in [-0.39, 0.29) is 0 Å². The molecule has 3 nitrogen and oxygen atoms in total. The molecule has 1 rings (SSSR count). The predicted molar refractivity (Wildman–Crippen MR) is 87.0 cm³/mol. The maximum atomic E-state index is 9.21. The summed E-state index contributed by atoms with van der Waals surface area (Å²) in [5.41, 5.74) is 0. The van der Waals surface area contributed by atoms with Gasteiger partial charge in [0.05, 0.1) is 0 Å². The number of aliphatic hydroxyl groups is 1. The number of likely N-dealkylation sites (tertiary alicyclic amines) is 1. The Morgan fingerprint density at radius 1 is 1.10 bits per heavy atom. The number of hydrogen-bond donors (Lipinski definition) is 2. The number of rotatable bonds is 10. The SMILES string of the molecule is CC(C)CCNCCCCN1CCC(C(C)CO)CC1. The lowest BCUT2D eigenvalue weighted by Gasteiger charge is -2.34. The van der Waals surface area contributed by atoms with Gasteiger partial charge < -0.3 is 15.3 Å². The fraction of sp³-hybridized carbons (Fsp3) is 1.00. The molecular weight excluding hydrogens is 248 g/mol. The van der Waals surface area contributed by atoms with Crippen LogP contribution < -0.4 is 5.32 Å². The molecule has 0 amide bonds. The van der Waals surface area contributed by atoms with Crippen LogP contribution in [0.2, 0.25) is 0 Å². The monoisotopic (exact) mass is 284 g/mol. The Bertz CT molecular complexity index is 225. The van der Waals surface area contributed by atoms with E-state index in [9.17, 15) is 5.11 Å². The number of nitrogens with zero attached hydrogens (tertiary/aromatic N) is 1. The van der Waals surface area contributed by atoms with Gasteiger partial charge in [0, 0.05) is 6.61 Å². The molecule has 3 heteroatoms. The summed E-state index contributed by atoms with van der Waals surface area (Å²) in [7, 11) is 0. The molecule has 1 atom stereocenters. The third kappa shape index (κ3) is 7.61. The lowest BCUT2D eigenvalue weighted by atomic mass is 9.86. The van der Waals surface area contributed by atoms with Crippen molar-refractivity contribution in [3.8, 4) is 0 Å². The standard InChI is InChI=1S/C17H36N2O/c1-15(2)6-10-18-9-4-5-11-19-12-7-17(8-13-19)16(3)14-20/h15-18,20H,4-14H2,1-3H3. The average molecular weight is 284 g/mol. The molecule has 1 unspecified atom stereocenters. The summed E-state index contributed by atoms with van der Waals surface area (Å²) < 4.78 is 0. The Kier molecular flexibility index (Phi) is 9.49. The first-order valence-corrected chi connectivity index (χ1v) is 8.67. The molecule has 2 N–H and O–H groups in total. The summed E-state index contributed by atoms with van der Waals surface area (Å²) in [6.07, 6.45) is 6.44. The third-order valence-electron chi connectivity index (χ3n) is 4.70. The van der Waals surface area contributed by atoms with E-state index < -0.39 is 0 Å². The summed E-state index contributed by atoms with van der Waals surface area (Å²) in [4.78, 5) is 2.61. The highest BCUT2D eigenvalue weighted by atomic mass is 16.3. The van der Waals surface area contributed by atoms with Crippen LogP contribution in [0.5, 0.6) is 0 Å². The molecule has 1 heterocycles.